The van der Waals surface area contributed by atoms with Gasteiger partial charge in [0.25, 0.3) is 0 Å². The van der Waals surface area contributed by atoms with Crippen LogP contribution in [0.5, 0.6) is 11.5 Å². The Morgan fingerprint density at radius 3 is 2.67 bits per heavy atom. The Morgan fingerprint density at radius 2 is 2.00 bits per heavy atom. The Kier molecular flexibility index (Phi) is 6.49. The van der Waals surface area contributed by atoms with Gasteiger partial charge in [-0.25, -0.2) is 0 Å². The molecule has 1 fully saturated rings. The van der Waals surface area contributed by atoms with Gasteiger partial charge in [-0.2, -0.15) is 0 Å². The Balaban J connectivity index is 1.82. The first kappa shape index (κ1) is 19.0. The fourth-order valence-corrected chi connectivity index (χ4v) is 3.31. The monoisotopic (exact) mass is 337 g/mol. The number of hydrogen-bond donors (Lipinski definition) is 2. The van der Waals surface area contributed by atoms with Crippen LogP contribution in [-0.4, -0.2) is 43.7 Å². The van der Waals surface area contributed by atoms with E-state index in [1.54, 1.807) is 14.2 Å². The molecular weight excluding hydrogens is 306 g/mol. The number of hydrogen-bond acceptors (Lipinski definition) is 5. The second kappa shape index (κ2) is 8.19. The van der Waals surface area contributed by atoms with Crippen molar-refractivity contribution in [3.8, 4) is 11.5 Å². The smallest absolute Gasteiger partial charge is 0.161 e. The molecule has 0 spiro atoms. The molecule has 0 radical (unpaired) electrons. The number of nitrogens with one attached hydrogen (secondary N) is 1. The molecule has 1 aromatic carbocycles. The summed E-state index contributed by atoms with van der Waals surface area (Å²) in [5, 5.41) is 14.2. The zero-order chi connectivity index (χ0) is 17.6. The molecule has 1 aliphatic rings. The van der Waals surface area contributed by atoms with E-state index in [2.05, 4.69) is 19.2 Å². The number of benzene rings is 1. The summed E-state index contributed by atoms with van der Waals surface area (Å²) in [7, 11) is 3.27. The average Bonchev–Trinajstić information content (AvgIpc) is 2.58. The van der Waals surface area contributed by atoms with Crippen LogP contribution in [0.15, 0.2) is 18.2 Å². The van der Waals surface area contributed by atoms with Crippen LogP contribution < -0.4 is 14.8 Å². The molecule has 1 saturated heterocycles. The predicted molar refractivity (Wildman–Crippen MR) is 94.7 cm³/mol. The minimum absolute atomic E-state index is 0.198. The van der Waals surface area contributed by atoms with Crippen molar-refractivity contribution in [1.82, 2.24) is 5.32 Å². The van der Waals surface area contributed by atoms with E-state index in [9.17, 15) is 5.11 Å². The summed E-state index contributed by atoms with van der Waals surface area (Å²) in [5.41, 5.74) is 0.300. The van der Waals surface area contributed by atoms with Crippen LogP contribution in [0, 0.1) is 0 Å². The van der Waals surface area contributed by atoms with Gasteiger partial charge in [0, 0.05) is 13.0 Å². The SMILES string of the molecule is CC[C@@]1(C)C[C@](O)(CCNCc2ccc(OC)c(OC)c2)CCO1. The highest BCUT2D eigenvalue weighted by atomic mass is 16.5. The highest BCUT2D eigenvalue weighted by Gasteiger charge is 2.40. The molecule has 0 amide bonds. The van der Waals surface area contributed by atoms with Crippen molar-refractivity contribution in [2.45, 2.75) is 57.3 Å². The number of aliphatic hydroxyl groups is 1. The van der Waals surface area contributed by atoms with Crippen LogP contribution in [0.1, 0.15) is 45.1 Å². The molecule has 136 valence electrons. The molecule has 0 saturated carbocycles. The lowest BCUT2D eigenvalue weighted by Crippen LogP contribution is -2.48. The predicted octanol–water partition coefficient (Wildman–Crippen LogP) is 2.89. The second-order valence-corrected chi connectivity index (χ2v) is 6.92. The van der Waals surface area contributed by atoms with Gasteiger partial charge < -0.3 is 24.6 Å². The van der Waals surface area contributed by atoms with Crippen LogP contribution in [0.25, 0.3) is 0 Å². The topological polar surface area (TPSA) is 60.0 Å². The van der Waals surface area contributed by atoms with Gasteiger partial charge in [0.15, 0.2) is 11.5 Å². The first-order valence-electron chi connectivity index (χ1n) is 8.71. The van der Waals surface area contributed by atoms with E-state index in [1.807, 2.05) is 18.2 Å². The number of ether oxygens (including phenoxy) is 3. The summed E-state index contributed by atoms with van der Waals surface area (Å²) in [6, 6.07) is 5.91. The van der Waals surface area contributed by atoms with E-state index in [4.69, 9.17) is 14.2 Å². The zero-order valence-corrected chi connectivity index (χ0v) is 15.4. The molecule has 1 aromatic rings. The van der Waals surface area contributed by atoms with Gasteiger partial charge in [0.05, 0.1) is 32.0 Å². The summed E-state index contributed by atoms with van der Waals surface area (Å²) < 4.78 is 16.4. The van der Waals surface area contributed by atoms with E-state index in [0.717, 1.165) is 43.0 Å². The minimum atomic E-state index is -0.631. The lowest BCUT2D eigenvalue weighted by atomic mass is 9.80. The molecule has 0 aromatic heterocycles. The van der Waals surface area contributed by atoms with E-state index in [-0.39, 0.29) is 5.60 Å². The van der Waals surface area contributed by atoms with Gasteiger partial charge >= 0.3 is 0 Å². The average molecular weight is 337 g/mol. The molecule has 0 bridgehead atoms. The standard InChI is InChI=1S/C19H31NO4/c1-5-18(2)14-19(21,9-11-24-18)8-10-20-13-15-6-7-16(22-3)17(12-15)23-4/h6-7,12,20-21H,5,8-11,13-14H2,1-4H3/t18-,19-/m0/s1. The second-order valence-electron chi connectivity index (χ2n) is 6.92. The lowest BCUT2D eigenvalue weighted by Gasteiger charge is -2.43. The summed E-state index contributed by atoms with van der Waals surface area (Å²) in [4.78, 5) is 0. The molecule has 2 N–H and O–H groups in total. The fourth-order valence-electron chi connectivity index (χ4n) is 3.31. The van der Waals surface area contributed by atoms with Gasteiger partial charge in [-0.05, 0) is 50.4 Å². The normalized spacial score (nSPS) is 27.0. The molecule has 5 heteroatoms. The van der Waals surface area contributed by atoms with Crippen LogP contribution in [0.4, 0.5) is 0 Å². The molecule has 2 rings (SSSR count). The summed E-state index contributed by atoms with van der Waals surface area (Å²) >= 11 is 0. The maximum Gasteiger partial charge on any atom is 0.161 e. The van der Waals surface area contributed by atoms with Crippen molar-refractivity contribution in [3.05, 3.63) is 23.8 Å². The van der Waals surface area contributed by atoms with Crippen LogP contribution >= 0.6 is 0 Å². The van der Waals surface area contributed by atoms with Gasteiger partial charge in [-0.1, -0.05) is 13.0 Å². The Labute approximate surface area is 145 Å². The molecule has 5 nitrogen and oxygen atoms in total. The largest absolute Gasteiger partial charge is 0.493 e. The first-order chi connectivity index (χ1) is 11.4. The van der Waals surface area contributed by atoms with Gasteiger partial charge in [0.2, 0.25) is 0 Å². The van der Waals surface area contributed by atoms with E-state index in [0.29, 0.717) is 19.4 Å². The van der Waals surface area contributed by atoms with Gasteiger partial charge in [-0.15, -0.1) is 0 Å². The molecule has 1 heterocycles. The lowest BCUT2D eigenvalue weighted by molar-refractivity contribution is -0.155. The Hall–Kier alpha value is -1.30. The number of methoxy groups -OCH3 is 2. The van der Waals surface area contributed by atoms with Gasteiger partial charge in [0.1, 0.15) is 0 Å². The maximum absolute atomic E-state index is 10.8. The Morgan fingerprint density at radius 1 is 1.25 bits per heavy atom. The van der Waals surface area contributed by atoms with Crippen molar-refractivity contribution in [1.29, 1.82) is 0 Å². The first-order valence-corrected chi connectivity index (χ1v) is 8.71. The highest BCUT2D eigenvalue weighted by molar-refractivity contribution is 5.42. The minimum Gasteiger partial charge on any atom is -0.493 e. The third-order valence-corrected chi connectivity index (χ3v) is 5.01. The molecule has 0 unspecified atom stereocenters. The van der Waals surface area contributed by atoms with Crippen molar-refractivity contribution < 1.29 is 19.3 Å². The summed E-state index contributed by atoms with van der Waals surface area (Å²) in [6.45, 7) is 6.34. The molecule has 24 heavy (non-hydrogen) atoms. The molecular formula is C19H31NO4. The zero-order valence-electron chi connectivity index (χ0n) is 15.4. The van der Waals surface area contributed by atoms with Crippen LogP contribution in [-0.2, 0) is 11.3 Å². The van der Waals surface area contributed by atoms with Crippen LogP contribution in [0.2, 0.25) is 0 Å². The van der Waals surface area contributed by atoms with Crippen LogP contribution in [0.3, 0.4) is 0 Å². The number of rotatable bonds is 8. The van der Waals surface area contributed by atoms with E-state index in [1.165, 1.54) is 0 Å². The van der Waals surface area contributed by atoms with Crippen molar-refractivity contribution in [2.75, 3.05) is 27.4 Å². The van der Waals surface area contributed by atoms with E-state index < -0.39 is 5.60 Å². The Bertz CT molecular complexity index is 536. The summed E-state index contributed by atoms with van der Waals surface area (Å²) in [6.07, 6.45) is 3.07. The third kappa shape index (κ3) is 4.85. The van der Waals surface area contributed by atoms with Crippen molar-refractivity contribution in [2.24, 2.45) is 0 Å². The van der Waals surface area contributed by atoms with Crippen molar-refractivity contribution >= 4 is 0 Å². The summed E-state index contributed by atoms with van der Waals surface area (Å²) in [5.74, 6) is 1.47. The van der Waals surface area contributed by atoms with E-state index >= 15 is 0 Å². The molecule has 1 aliphatic heterocycles. The quantitative estimate of drug-likeness (QED) is 0.714. The van der Waals surface area contributed by atoms with Gasteiger partial charge in [-0.3, -0.25) is 0 Å². The third-order valence-electron chi connectivity index (χ3n) is 5.01. The maximum atomic E-state index is 10.8. The van der Waals surface area contributed by atoms with Crippen molar-refractivity contribution in [3.63, 3.8) is 0 Å². The highest BCUT2D eigenvalue weighted by Crippen LogP contribution is 2.36. The molecule has 0 aliphatic carbocycles. The fraction of sp³-hybridized carbons (Fsp3) is 0.684. The molecule has 2 atom stereocenters.